The summed E-state index contributed by atoms with van der Waals surface area (Å²) in [5, 5.41) is 78.9. The zero-order valence-electron chi connectivity index (χ0n) is 36.0. The Bertz CT molecular complexity index is 2350. The Morgan fingerprint density at radius 2 is 1.83 bits per heavy atom. The minimum absolute atomic E-state index is 0.00556. The number of Topliss-reactive ketones (excluding diaryl/α,β-unsaturated/α-hetero) is 1. The van der Waals surface area contributed by atoms with Crippen molar-refractivity contribution in [3.8, 4) is 17.2 Å². The van der Waals surface area contributed by atoms with Crippen molar-refractivity contribution < 1.29 is 64.3 Å². The lowest BCUT2D eigenvalue weighted by Crippen LogP contribution is -2.81. The van der Waals surface area contributed by atoms with E-state index in [4.69, 9.17) is 18.9 Å². The third kappa shape index (κ3) is 5.64. The summed E-state index contributed by atoms with van der Waals surface area (Å²) >= 11 is 0. The van der Waals surface area contributed by atoms with Crippen molar-refractivity contribution in [2.24, 2.45) is 34.0 Å². The number of hydrazine groups is 1. The molecule has 9 N–H and O–H groups in total. The summed E-state index contributed by atoms with van der Waals surface area (Å²) in [6.45, 7) is 3.38. The zero-order valence-corrected chi connectivity index (χ0v) is 36.0. The summed E-state index contributed by atoms with van der Waals surface area (Å²) in [7, 11) is 0. The van der Waals surface area contributed by atoms with Crippen LogP contribution >= 0.6 is 0 Å². The van der Waals surface area contributed by atoms with Crippen LogP contribution in [0.4, 0.5) is 0 Å². The second-order valence-electron chi connectivity index (χ2n) is 21.0. The predicted molar refractivity (Wildman–Crippen MR) is 225 cm³/mol. The van der Waals surface area contributed by atoms with Gasteiger partial charge in [-0.15, -0.1) is 0 Å². The van der Waals surface area contributed by atoms with Crippen molar-refractivity contribution in [3.05, 3.63) is 51.6 Å². The van der Waals surface area contributed by atoms with Crippen LogP contribution < -0.4 is 15.6 Å². The Morgan fingerprint density at radius 3 is 2.56 bits per heavy atom. The van der Waals surface area contributed by atoms with Gasteiger partial charge in [-0.2, -0.15) is 0 Å². The molecule has 5 aliphatic carbocycles. The van der Waals surface area contributed by atoms with E-state index in [1.807, 2.05) is 0 Å². The average molecular weight is 873 g/mol. The van der Waals surface area contributed by atoms with E-state index in [1.165, 1.54) is 50.7 Å². The van der Waals surface area contributed by atoms with Crippen LogP contribution in [0.5, 0.6) is 17.2 Å². The Labute approximate surface area is 365 Å². The molecule has 0 radical (unpaired) electrons. The highest BCUT2D eigenvalue weighted by Gasteiger charge is 2.75. The number of allylic oxidation sites excluding steroid dienone is 1. The lowest BCUT2D eigenvalue weighted by molar-refractivity contribution is -0.327. The number of carboxylic acid groups (broad SMARTS) is 1. The van der Waals surface area contributed by atoms with Crippen LogP contribution in [-0.4, -0.2) is 122 Å². The first-order chi connectivity index (χ1) is 30.2. The molecule has 11 rings (SSSR count). The molecule has 15 nitrogen and oxygen atoms in total. The molecule has 4 heterocycles. The van der Waals surface area contributed by atoms with Crippen LogP contribution in [0.3, 0.4) is 0 Å². The van der Waals surface area contributed by atoms with E-state index < -0.39 is 65.6 Å². The highest BCUT2D eigenvalue weighted by atomic mass is 16.7. The summed E-state index contributed by atoms with van der Waals surface area (Å²) in [5.41, 5.74) is 8.81. The third-order valence-corrected chi connectivity index (χ3v) is 17.9. The standard InChI is InChI=1S/C48H60N2O13/c1-23-34(24(2)53)38(55)36-28(37(23)54)12-26(42(58)59)13-31(36)62-43-39(56)41(57)48(33(17-52)63-43)15-30-35-25(19-61-48)6-7-29(35)46(10-5-11-51)22-60-18-27-14-45-20-44(8-3-4-9-44)16-32(45)49-50-47(30,21-45)40(27)46/h7,12-13,27,30,32-33,39-41,43,49-52,54-57H,3-6,8-11,14-22H2,1-2H3,(H,58,59)/t27-,30-,32-,33-,39-,40+,41-,43-,45-,46-,47-,48-/m1/s1. The Morgan fingerprint density at radius 1 is 1.03 bits per heavy atom. The number of rotatable bonds is 8. The molecule has 340 valence electrons. The first kappa shape index (κ1) is 42.0. The number of hydrogen-bond acceptors (Lipinski definition) is 14. The van der Waals surface area contributed by atoms with Gasteiger partial charge in [-0.3, -0.25) is 15.6 Å². The number of aromatic hydroxyl groups is 2. The van der Waals surface area contributed by atoms with Gasteiger partial charge < -0.3 is 54.7 Å². The van der Waals surface area contributed by atoms with Gasteiger partial charge in [0.2, 0.25) is 6.29 Å². The molecule has 63 heavy (non-hydrogen) atoms. The van der Waals surface area contributed by atoms with Crippen molar-refractivity contribution in [1.29, 1.82) is 0 Å². The molecule has 12 atom stereocenters. The molecular formula is C48H60N2O13. The van der Waals surface area contributed by atoms with Crippen LogP contribution in [0.2, 0.25) is 0 Å². The van der Waals surface area contributed by atoms with E-state index in [2.05, 4.69) is 16.9 Å². The van der Waals surface area contributed by atoms with Crippen molar-refractivity contribution >= 4 is 22.5 Å². The molecule has 0 unspecified atom stereocenters. The van der Waals surface area contributed by atoms with Crippen LogP contribution in [0, 0.1) is 40.9 Å². The molecule has 0 aromatic heterocycles. The number of carbonyl (C=O) groups is 2. The topological polar surface area (TPSA) is 237 Å². The maximum atomic E-state index is 12.7. The molecule has 3 saturated heterocycles. The summed E-state index contributed by atoms with van der Waals surface area (Å²) in [6, 6.07) is 2.54. The number of nitrogens with one attached hydrogen (secondary N) is 2. The Kier molecular flexibility index (Phi) is 9.62. The molecular weight excluding hydrogens is 813 g/mol. The van der Waals surface area contributed by atoms with Gasteiger partial charge in [0.25, 0.3) is 0 Å². The maximum Gasteiger partial charge on any atom is 0.335 e. The predicted octanol–water partition coefficient (Wildman–Crippen LogP) is 4.06. The number of carbonyl (C=O) groups excluding carboxylic acids is 1. The number of aromatic carboxylic acids is 1. The number of ether oxygens (including phenoxy) is 4. The van der Waals surface area contributed by atoms with Crippen LogP contribution in [0.15, 0.2) is 34.9 Å². The monoisotopic (exact) mass is 872 g/mol. The number of benzene rings is 2. The minimum atomic E-state index is -1.81. The second-order valence-corrected chi connectivity index (χ2v) is 21.0. The van der Waals surface area contributed by atoms with Gasteiger partial charge in [-0.1, -0.05) is 18.9 Å². The van der Waals surface area contributed by atoms with Gasteiger partial charge in [0.05, 0.1) is 36.3 Å². The van der Waals surface area contributed by atoms with E-state index in [9.17, 15) is 45.3 Å². The lowest BCUT2D eigenvalue weighted by Gasteiger charge is -2.72. The molecule has 4 saturated carbocycles. The number of phenolic OH excluding ortho intramolecular Hbond substituents is 2. The molecule has 7 fully saturated rings. The number of aliphatic hydroxyl groups is 4. The summed E-state index contributed by atoms with van der Waals surface area (Å²) < 4.78 is 26.3. The van der Waals surface area contributed by atoms with Gasteiger partial charge >= 0.3 is 5.97 Å². The fourth-order valence-corrected chi connectivity index (χ4v) is 15.9. The Hall–Kier alpha value is -3.64. The fourth-order valence-electron chi connectivity index (χ4n) is 15.9. The van der Waals surface area contributed by atoms with Crippen LogP contribution in [0.25, 0.3) is 10.8 Å². The van der Waals surface area contributed by atoms with E-state index in [1.54, 1.807) is 0 Å². The summed E-state index contributed by atoms with van der Waals surface area (Å²) in [6.07, 6.45) is 7.30. The third-order valence-electron chi connectivity index (χ3n) is 17.9. The molecule has 9 aliphatic rings. The number of phenols is 2. The zero-order chi connectivity index (χ0) is 44.0. The van der Waals surface area contributed by atoms with E-state index in [0.717, 1.165) is 49.8 Å². The van der Waals surface area contributed by atoms with Gasteiger partial charge in [-0.25, -0.2) is 4.79 Å². The van der Waals surface area contributed by atoms with E-state index >= 15 is 0 Å². The molecule has 2 bridgehead atoms. The van der Waals surface area contributed by atoms with Crippen molar-refractivity contribution in [3.63, 3.8) is 0 Å². The van der Waals surface area contributed by atoms with Gasteiger partial charge in [0.1, 0.15) is 41.2 Å². The number of aliphatic hydroxyl groups excluding tert-OH is 4. The lowest BCUT2D eigenvalue weighted by atomic mass is 9.39. The highest BCUT2D eigenvalue weighted by molar-refractivity contribution is 6.11. The molecule has 4 spiro atoms. The van der Waals surface area contributed by atoms with E-state index in [-0.39, 0.29) is 81.4 Å². The van der Waals surface area contributed by atoms with Gasteiger partial charge in [0, 0.05) is 47.1 Å². The van der Waals surface area contributed by atoms with Crippen LogP contribution in [0.1, 0.15) is 110 Å². The van der Waals surface area contributed by atoms with E-state index in [0.29, 0.717) is 37.5 Å². The van der Waals surface area contributed by atoms with Gasteiger partial charge in [-0.05, 0) is 130 Å². The van der Waals surface area contributed by atoms with Crippen LogP contribution in [-0.2, 0) is 14.2 Å². The number of fused-ring (bicyclic) bond motifs is 2. The van der Waals surface area contributed by atoms with Crippen molar-refractivity contribution in [2.75, 3.05) is 33.0 Å². The molecule has 15 heteroatoms. The Balaban J connectivity index is 1.00. The smallest absolute Gasteiger partial charge is 0.335 e. The summed E-state index contributed by atoms with van der Waals surface area (Å²) in [4.78, 5) is 25.0. The SMILES string of the molecule is CC(=O)c1c(C)c(O)c2cc(C(=O)O)cc(O[C@@H]3O[C@H](CO)[C@]4(C[C@@H]5C6=C(CC=C6[C@@]6(CCCO)COC[C@H]7C[C@]89CC%10(CCCC%10)C[C@H]8NN[C@@]5(C9)[C@@H]76)CO4)[C@H](O)[C@H]3O)c2c1O. The fraction of sp³-hybridized carbons (Fsp3) is 0.667. The normalized spacial score (nSPS) is 40.7. The molecule has 4 aliphatic heterocycles. The molecule has 2 aromatic rings. The first-order valence-corrected chi connectivity index (χ1v) is 23.0. The number of ketones is 1. The quantitative estimate of drug-likeness (QED) is 0.134. The molecule has 2 aromatic carbocycles. The highest BCUT2D eigenvalue weighted by Crippen LogP contribution is 2.74. The second kappa shape index (κ2) is 14.4. The average Bonchev–Trinajstić information content (AvgIpc) is 3.95. The van der Waals surface area contributed by atoms with Gasteiger partial charge in [0.15, 0.2) is 5.78 Å². The number of hydrogen-bond donors (Lipinski definition) is 9. The van der Waals surface area contributed by atoms with Crippen molar-refractivity contribution in [1.82, 2.24) is 10.9 Å². The minimum Gasteiger partial charge on any atom is -0.507 e. The largest absolute Gasteiger partial charge is 0.507 e. The van der Waals surface area contributed by atoms with Crippen molar-refractivity contribution in [2.45, 2.75) is 133 Å². The maximum absolute atomic E-state index is 12.7. The number of carboxylic acids is 1. The molecule has 0 amide bonds. The summed E-state index contributed by atoms with van der Waals surface area (Å²) in [5.74, 6) is -3.15. The first-order valence-electron chi connectivity index (χ1n) is 23.0.